The number of hydrogen-bond donors (Lipinski definition) is 2. The molecule has 3 rings (SSSR count). The molecule has 1 aromatic carbocycles. The first-order valence-corrected chi connectivity index (χ1v) is 9.56. The van der Waals surface area contributed by atoms with Crippen molar-refractivity contribution < 1.29 is 32.2 Å². The van der Waals surface area contributed by atoms with Gasteiger partial charge in [-0.15, -0.1) is 0 Å². The molecule has 2 N–H and O–H groups in total. The van der Waals surface area contributed by atoms with E-state index < -0.39 is 45.7 Å². The van der Waals surface area contributed by atoms with Gasteiger partial charge in [-0.05, 0) is 36.4 Å². The molecule has 0 bridgehead atoms. The zero-order valence-electron chi connectivity index (χ0n) is 15.0. The van der Waals surface area contributed by atoms with Crippen LogP contribution in [0.4, 0.5) is 13.6 Å². The maximum Gasteiger partial charge on any atom is 0.407 e. The number of halogens is 2. The van der Waals surface area contributed by atoms with E-state index in [1.165, 1.54) is 13.1 Å². The number of nitrogens with zero attached hydrogens (tertiary/aromatic N) is 3. The zero-order chi connectivity index (χ0) is 21.3. The van der Waals surface area contributed by atoms with E-state index in [0.717, 1.165) is 47.6 Å². The summed E-state index contributed by atoms with van der Waals surface area (Å²) in [5.41, 5.74) is -1.29. The number of benzene rings is 1. The topological polar surface area (TPSA) is 113 Å². The molecule has 3 aromatic rings. The van der Waals surface area contributed by atoms with Crippen molar-refractivity contribution in [2.75, 3.05) is 7.05 Å². The molecule has 0 fully saturated rings. The molecule has 11 heteroatoms. The molecule has 0 radical (unpaired) electrons. The van der Waals surface area contributed by atoms with Gasteiger partial charge in [0.15, 0.2) is 5.82 Å². The number of carbonyl (C=O) groups is 1. The molecule has 1 amide bonds. The first-order valence-electron chi connectivity index (χ1n) is 8.12. The molecular formula is C18H15F2N3O5S. The van der Waals surface area contributed by atoms with Crippen LogP contribution in [0.1, 0.15) is 5.56 Å². The van der Waals surface area contributed by atoms with Crippen molar-refractivity contribution in [2.24, 2.45) is 0 Å². The predicted octanol–water partition coefficient (Wildman–Crippen LogP) is 2.88. The smallest absolute Gasteiger partial charge is 0.407 e. The summed E-state index contributed by atoms with van der Waals surface area (Å²) in [6, 6.07) is 6.95. The zero-order valence-corrected chi connectivity index (χ0v) is 15.8. The van der Waals surface area contributed by atoms with E-state index in [1.54, 1.807) is 0 Å². The third-order valence-electron chi connectivity index (χ3n) is 4.13. The number of amides is 1. The summed E-state index contributed by atoms with van der Waals surface area (Å²) in [4.78, 5) is 15.0. The summed E-state index contributed by atoms with van der Waals surface area (Å²) >= 11 is 0. The normalized spacial score (nSPS) is 11.4. The van der Waals surface area contributed by atoms with Gasteiger partial charge in [0.1, 0.15) is 11.4 Å². The van der Waals surface area contributed by atoms with Crippen molar-refractivity contribution in [1.29, 1.82) is 0 Å². The molecule has 2 aromatic heterocycles. The van der Waals surface area contributed by atoms with Crippen LogP contribution in [-0.4, -0.2) is 45.6 Å². The Hall–Kier alpha value is -3.47. The van der Waals surface area contributed by atoms with Crippen LogP contribution in [0.3, 0.4) is 0 Å². The second-order valence-electron chi connectivity index (χ2n) is 6.09. The number of phenols is 1. The van der Waals surface area contributed by atoms with Crippen molar-refractivity contribution in [2.45, 2.75) is 11.4 Å². The highest BCUT2D eigenvalue weighted by Gasteiger charge is 2.29. The van der Waals surface area contributed by atoms with E-state index in [1.807, 2.05) is 0 Å². The minimum Gasteiger partial charge on any atom is -0.508 e. The van der Waals surface area contributed by atoms with Crippen LogP contribution in [0, 0.1) is 11.8 Å². The first-order chi connectivity index (χ1) is 13.6. The highest BCUT2D eigenvalue weighted by Crippen LogP contribution is 2.32. The van der Waals surface area contributed by atoms with Crippen LogP contribution in [0.2, 0.25) is 0 Å². The Balaban J connectivity index is 2.26. The second-order valence-corrected chi connectivity index (χ2v) is 7.91. The second kappa shape index (κ2) is 7.51. The number of carboxylic acid groups (broad SMARTS) is 1. The molecule has 29 heavy (non-hydrogen) atoms. The third kappa shape index (κ3) is 3.76. The molecule has 0 saturated heterocycles. The summed E-state index contributed by atoms with van der Waals surface area (Å²) < 4.78 is 56.1. The molecule has 0 aliphatic carbocycles. The molecule has 0 aliphatic heterocycles. The lowest BCUT2D eigenvalue weighted by Crippen LogP contribution is -2.24. The molecule has 0 atom stereocenters. The van der Waals surface area contributed by atoms with Gasteiger partial charge in [0.25, 0.3) is 10.0 Å². The minimum absolute atomic E-state index is 0.176. The number of hydrogen-bond acceptors (Lipinski definition) is 5. The lowest BCUT2D eigenvalue weighted by molar-refractivity contribution is 0.153. The fraction of sp³-hybridized carbons (Fsp3) is 0.111. The van der Waals surface area contributed by atoms with E-state index in [-0.39, 0.29) is 16.2 Å². The largest absolute Gasteiger partial charge is 0.508 e. The summed E-state index contributed by atoms with van der Waals surface area (Å²) in [6.07, 6.45) is 0.670. The average molecular weight is 423 g/mol. The molecule has 0 spiro atoms. The molecule has 152 valence electrons. The first kappa shape index (κ1) is 20.3. The van der Waals surface area contributed by atoms with Gasteiger partial charge < -0.3 is 15.1 Å². The lowest BCUT2D eigenvalue weighted by Gasteiger charge is -2.11. The van der Waals surface area contributed by atoms with Gasteiger partial charge in [-0.25, -0.2) is 26.6 Å². The van der Waals surface area contributed by atoms with Gasteiger partial charge in [-0.3, -0.25) is 0 Å². The van der Waals surface area contributed by atoms with Crippen molar-refractivity contribution in [3.8, 4) is 17.0 Å². The Morgan fingerprint density at radius 2 is 1.86 bits per heavy atom. The molecule has 2 heterocycles. The monoisotopic (exact) mass is 423 g/mol. The Morgan fingerprint density at radius 1 is 1.21 bits per heavy atom. The van der Waals surface area contributed by atoms with Crippen LogP contribution in [0.15, 0.2) is 53.7 Å². The van der Waals surface area contributed by atoms with Gasteiger partial charge in [0.05, 0.1) is 17.0 Å². The predicted molar refractivity (Wildman–Crippen MR) is 97.8 cm³/mol. The lowest BCUT2D eigenvalue weighted by atomic mass is 10.2. The summed E-state index contributed by atoms with van der Waals surface area (Å²) in [7, 11) is -3.23. The number of pyridine rings is 1. The van der Waals surface area contributed by atoms with E-state index in [4.69, 9.17) is 5.11 Å². The van der Waals surface area contributed by atoms with E-state index >= 15 is 4.39 Å². The summed E-state index contributed by atoms with van der Waals surface area (Å²) in [5.74, 6) is -2.36. The summed E-state index contributed by atoms with van der Waals surface area (Å²) in [5, 5.41) is 18.4. The standard InChI is InChI=1S/C18H15F2N3O5S/c1-22(18(25)26)9-11-10-23(29(27,28)13-6-4-12(24)5-7-13)16(15(11)19)14-3-2-8-21-17(14)20/h2-8,10,24H,9H2,1H3,(H,25,26). The Kier molecular flexibility index (Phi) is 5.25. The molecule has 0 aliphatic rings. The highest BCUT2D eigenvalue weighted by molar-refractivity contribution is 7.90. The van der Waals surface area contributed by atoms with E-state index in [9.17, 15) is 22.7 Å². The number of rotatable bonds is 5. The van der Waals surface area contributed by atoms with E-state index in [2.05, 4.69) is 4.98 Å². The Bertz CT molecular complexity index is 1180. The van der Waals surface area contributed by atoms with Crippen LogP contribution in [0.5, 0.6) is 5.75 Å². The van der Waals surface area contributed by atoms with Gasteiger partial charge in [-0.2, -0.15) is 4.39 Å². The van der Waals surface area contributed by atoms with E-state index in [0.29, 0.717) is 3.97 Å². The van der Waals surface area contributed by atoms with Gasteiger partial charge in [0, 0.05) is 25.0 Å². The molecular weight excluding hydrogens is 408 g/mol. The van der Waals surface area contributed by atoms with Crippen molar-refractivity contribution in [3.63, 3.8) is 0 Å². The van der Waals surface area contributed by atoms with Crippen LogP contribution in [-0.2, 0) is 16.6 Å². The van der Waals surface area contributed by atoms with Crippen LogP contribution < -0.4 is 0 Å². The fourth-order valence-corrected chi connectivity index (χ4v) is 4.06. The Labute approximate surface area is 164 Å². The number of phenolic OH excluding ortho intramolecular Hbond substituents is 1. The number of aromatic nitrogens is 2. The van der Waals surface area contributed by atoms with Crippen LogP contribution >= 0.6 is 0 Å². The van der Waals surface area contributed by atoms with Crippen molar-refractivity contribution in [1.82, 2.24) is 13.9 Å². The van der Waals surface area contributed by atoms with Crippen LogP contribution in [0.25, 0.3) is 11.3 Å². The van der Waals surface area contributed by atoms with Crippen molar-refractivity contribution in [3.05, 3.63) is 66.1 Å². The third-order valence-corrected chi connectivity index (χ3v) is 5.80. The highest BCUT2D eigenvalue weighted by atomic mass is 32.2. The van der Waals surface area contributed by atoms with Gasteiger partial charge in [0.2, 0.25) is 5.95 Å². The maximum absolute atomic E-state index is 15.2. The van der Waals surface area contributed by atoms with Gasteiger partial charge >= 0.3 is 6.09 Å². The minimum atomic E-state index is -4.40. The quantitative estimate of drug-likeness (QED) is 0.610. The number of aromatic hydroxyl groups is 1. The molecule has 0 unspecified atom stereocenters. The fourth-order valence-electron chi connectivity index (χ4n) is 2.67. The van der Waals surface area contributed by atoms with Gasteiger partial charge in [-0.1, -0.05) is 0 Å². The maximum atomic E-state index is 15.2. The molecule has 0 saturated carbocycles. The Morgan fingerprint density at radius 3 is 2.45 bits per heavy atom. The summed E-state index contributed by atoms with van der Waals surface area (Å²) in [6.45, 7) is -0.464. The van der Waals surface area contributed by atoms with Crippen molar-refractivity contribution >= 4 is 16.1 Å². The average Bonchev–Trinajstić information content (AvgIpc) is 2.99. The SMILES string of the molecule is CN(Cc1cn(S(=O)(=O)c2ccc(O)cc2)c(-c2cccnc2F)c1F)C(=O)O. The molecule has 8 nitrogen and oxygen atoms in total.